The molecular formula is C13H16N4. The molecule has 4 heteroatoms. The largest absolute Gasteiger partial charge is 0.384 e. The molecule has 2 N–H and O–H groups in total. The van der Waals surface area contributed by atoms with Crippen LogP contribution >= 0.6 is 0 Å². The zero-order valence-electron chi connectivity index (χ0n) is 10.1. The lowest BCUT2D eigenvalue weighted by atomic mass is 9.98. The number of pyridine rings is 1. The predicted octanol–water partition coefficient (Wildman–Crippen LogP) is 2.11. The van der Waals surface area contributed by atoms with Crippen LogP contribution in [0.25, 0.3) is 0 Å². The second-order valence-electron chi connectivity index (χ2n) is 4.22. The van der Waals surface area contributed by atoms with Gasteiger partial charge in [0, 0.05) is 18.1 Å². The third kappa shape index (κ3) is 3.00. The molecular weight excluding hydrogens is 212 g/mol. The molecule has 17 heavy (non-hydrogen) atoms. The fourth-order valence-electron chi connectivity index (χ4n) is 1.76. The molecule has 4 nitrogen and oxygen atoms in total. The molecule has 0 spiro atoms. The third-order valence-corrected chi connectivity index (χ3v) is 2.73. The van der Waals surface area contributed by atoms with Crippen LogP contribution in [0, 0.1) is 6.92 Å². The van der Waals surface area contributed by atoms with E-state index in [2.05, 4.69) is 21.9 Å². The fraction of sp³-hybridized carbons (Fsp3) is 0.308. The van der Waals surface area contributed by atoms with Crippen LogP contribution in [0.1, 0.15) is 29.9 Å². The fourth-order valence-corrected chi connectivity index (χ4v) is 1.76. The van der Waals surface area contributed by atoms with E-state index in [0.29, 0.717) is 11.7 Å². The number of nitrogen functional groups attached to an aromatic ring is 1. The van der Waals surface area contributed by atoms with Gasteiger partial charge in [0.2, 0.25) is 0 Å². The molecule has 0 saturated heterocycles. The Hall–Kier alpha value is -1.97. The maximum atomic E-state index is 5.57. The number of hydrogen-bond acceptors (Lipinski definition) is 4. The Bertz CT molecular complexity index is 493. The zero-order valence-corrected chi connectivity index (χ0v) is 10.1. The van der Waals surface area contributed by atoms with Crippen LogP contribution in [0.15, 0.2) is 30.6 Å². The Morgan fingerprint density at radius 1 is 1.24 bits per heavy atom. The molecule has 1 atom stereocenters. The second kappa shape index (κ2) is 4.91. The first kappa shape index (κ1) is 11.5. The van der Waals surface area contributed by atoms with Crippen molar-refractivity contribution in [2.75, 3.05) is 5.73 Å². The summed E-state index contributed by atoms with van der Waals surface area (Å²) in [6.45, 7) is 4.06. The van der Waals surface area contributed by atoms with Crippen molar-refractivity contribution < 1.29 is 0 Å². The average Bonchev–Trinajstić information content (AvgIpc) is 2.29. The van der Waals surface area contributed by atoms with E-state index in [9.17, 15) is 0 Å². The summed E-state index contributed by atoms with van der Waals surface area (Å²) in [4.78, 5) is 12.6. The van der Waals surface area contributed by atoms with E-state index in [1.807, 2.05) is 31.3 Å². The van der Waals surface area contributed by atoms with Crippen molar-refractivity contribution >= 4 is 5.82 Å². The Balaban J connectivity index is 2.11. The van der Waals surface area contributed by atoms with E-state index in [0.717, 1.165) is 17.9 Å². The van der Waals surface area contributed by atoms with Gasteiger partial charge in [-0.05, 0) is 37.0 Å². The van der Waals surface area contributed by atoms with Crippen molar-refractivity contribution in [1.82, 2.24) is 15.0 Å². The van der Waals surface area contributed by atoms with Crippen LogP contribution in [0.2, 0.25) is 0 Å². The summed E-state index contributed by atoms with van der Waals surface area (Å²) in [6, 6.07) is 5.80. The molecule has 0 radical (unpaired) electrons. The molecule has 2 heterocycles. The van der Waals surface area contributed by atoms with Crippen molar-refractivity contribution in [3.8, 4) is 0 Å². The summed E-state index contributed by atoms with van der Waals surface area (Å²) in [5.74, 6) is 1.74. The van der Waals surface area contributed by atoms with Crippen molar-refractivity contribution in [2.24, 2.45) is 0 Å². The maximum absolute atomic E-state index is 5.57. The molecule has 88 valence electrons. The van der Waals surface area contributed by atoms with Gasteiger partial charge in [0.1, 0.15) is 11.6 Å². The van der Waals surface area contributed by atoms with Gasteiger partial charge in [-0.1, -0.05) is 13.0 Å². The highest BCUT2D eigenvalue weighted by atomic mass is 14.9. The number of aryl methyl sites for hydroxylation is 1. The summed E-state index contributed by atoms with van der Waals surface area (Å²) in [7, 11) is 0. The third-order valence-electron chi connectivity index (χ3n) is 2.73. The molecule has 2 rings (SSSR count). The van der Waals surface area contributed by atoms with Crippen molar-refractivity contribution in [1.29, 1.82) is 0 Å². The first-order valence-corrected chi connectivity index (χ1v) is 5.65. The van der Waals surface area contributed by atoms with Gasteiger partial charge >= 0.3 is 0 Å². The summed E-state index contributed by atoms with van der Waals surface area (Å²) in [6.07, 6.45) is 4.51. The lowest BCUT2D eigenvalue weighted by Gasteiger charge is -2.11. The minimum Gasteiger partial charge on any atom is -0.384 e. The Labute approximate surface area is 101 Å². The van der Waals surface area contributed by atoms with Gasteiger partial charge in [-0.2, -0.15) is 0 Å². The molecule has 0 fully saturated rings. The number of nitrogens with two attached hydrogens (primary N) is 1. The van der Waals surface area contributed by atoms with Crippen LogP contribution < -0.4 is 5.73 Å². The van der Waals surface area contributed by atoms with E-state index < -0.39 is 0 Å². The first-order chi connectivity index (χ1) is 8.15. The molecule has 1 unspecified atom stereocenters. The average molecular weight is 228 g/mol. The van der Waals surface area contributed by atoms with Crippen LogP contribution in [0.4, 0.5) is 5.82 Å². The molecule has 0 aliphatic heterocycles. The van der Waals surface area contributed by atoms with Crippen LogP contribution in [-0.4, -0.2) is 15.0 Å². The Morgan fingerprint density at radius 3 is 2.71 bits per heavy atom. The number of nitrogens with zero attached hydrogens (tertiary/aromatic N) is 3. The molecule has 0 aromatic carbocycles. The molecule has 2 aromatic rings. The van der Waals surface area contributed by atoms with Crippen molar-refractivity contribution in [3.05, 3.63) is 47.7 Å². The van der Waals surface area contributed by atoms with E-state index in [1.54, 1.807) is 6.20 Å². The van der Waals surface area contributed by atoms with Crippen molar-refractivity contribution in [2.45, 2.75) is 26.2 Å². The lowest BCUT2D eigenvalue weighted by Crippen LogP contribution is -2.03. The normalized spacial score (nSPS) is 12.4. The number of rotatable bonds is 3. The molecule has 0 amide bonds. The van der Waals surface area contributed by atoms with E-state index in [4.69, 9.17) is 5.73 Å². The van der Waals surface area contributed by atoms with Crippen LogP contribution in [0.3, 0.4) is 0 Å². The molecule has 0 bridgehead atoms. The highest BCUT2D eigenvalue weighted by Crippen LogP contribution is 2.19. The Kier molecular flexibility index (Phi) is 3.32. The summed E-state index contributed by atoms with van der Waals surface area (Å²) in [5, 5.41) is 0. The van der Waals surface area contributed by atoms with Gasteiger partial charge in [-0.25, -0.2) is 15.0 Å². The minimum absolute atomic E-state index is 0.373. The molecule has 0 aliphatic carbocycles. The van der Waals surface area contributed by atoms with Gasteiger partial charge < -0.3 is 5.73 Å². The standard InChI is InChI=1S/C13H16N4/c1-9(11-3-4-13(14)16-8-11)7-12-5-6-15-10(2)17-12/h3-6,8-9H,7H2,1-2H3,(H2,14,16). The van der Waals surface area contributed by atoms with E-state index >= 15 is 0 Å². The zero-order chi connectivity index (χ0) is 12.3. The maximum Gasteiger partial charge on any atom is 0.125 e. The van der Waals surface area contributed by atoms with Crippen molar-refractivity contribution in [3.63, 3.8) is 0 Å². The number of hydrogen-bond donors (Lipinski definition) is 1. The molecule has 2 aromatic heterocycles. The SMILES string of the molecule is Cc1nccc(CC(C)c2ccc(N)nc2)n1. The highest BCUT2D eigenvalue weighted by Gasteiger charge is 2.08. The topological polar surface area (TPSA) is 64.7 Å². The summed E-state index contributed by atoms with van der Waals surface area (Å²) >= 11 is 0. The van der Waals surface area contributed by atoms with Gasteiger partial charge in [0.05, 0.1) is 0 Å². The Morgan fingerprint density at radius 2 is 2.06 bits per heavy atom. The summed E-state index contributed by atoms with van der Waals surface area (Å²) < 4.78 is 0. The molecule has 0 aliphatic rings. The van der Waals surface area contributed by atoms with Gasteiger partial charge in [-0.15, -0.1) is 0 Å². The van der Waals surface area contributed by atoms with E-state index in [-0.39, 0.29) is 0 Å². The smallest absolute Gasteiger partial charge is 0.125 e. The van der Waals surface area contributed by atoms with Gasteiger partial charge in [0.25, 0.3) is 0 Å². The lowest BCUT2D eigenvalue weighted by molar-refractivity contribution is 0.730. The summed E-state index contributed by atoms with van der Waals surface area (Å²) in [5.41, 5.74) is 7.80. The van der Waals surface area contributed by atoms with Crippen LogP contribution in [-0.2, 0) is 6.42 Å². The minimum atomic E-state index is 0.373. The van der Waals surface area contributed by atoms with Crippen LogP contribution in [0.5, 0.6) is 0 Å². The monoisotopic (exact) mass is 228 g/mol. The first-order valence-electron chi connectivity index (χ1n) is 5.65. The highest BCUT2D eigenvalue weighted by molar-refractivity contribution is 5.31. The quantitative estimate of drug-likeness (QED) is 0.873. The van der Waals surface area contributed by atoms with Gasteiger partial charge in [-0.3, -0.25) is 0 Å². The second-order valence-corrected chi connectivity index (χ2v) is 4.22. The number of anilines is 1. The number of aromatic nitrogens is 3. The van der Waals surface area contributed by atoms with E-state index in [1.165, 1.54) is 5.56 Å². The molecule has 0 saturated carbocycles. The predicted molar refractivity (Wildman–Crippen MR) is 67.5 cm³/mol. The van der Waals surface area contributed by atoms with Gasteiger partial charge in [0.15, 0.2) is 0 Å².